The minimum atomic E-state index is 0.458. The average molecular weight is 224 g/mol. The van der Waals surface area contributed by atoms with Crippen LogP contribution < -0.4 is 0 Å². The van der Waals surface area contributed by atoms with Crippen LogP contribution in [-0.4, -0.2) is 0 Å². The van der Waals surface area contributed by atoms with E-state index in [-0.39, 0.29) is 0 Å². The number of rotatable bonds is 2. The Kier molecular flexibility index (Phi) is 4.49. The highest BCUT2D eigenvalue weighted by molar-refractivity contribution is 4.85. The molecule has 1 aliphatic rings. The predicted molar refractivity (Wildman–Crippen MR) is 73.5 cm³/mol. The van der Waals surface area contributed by atoms with E-state index in [0.29, 0.717) is 5.41 Å². The number of hydrogen-bond donors (Lipinski definition) is 0. The molecule has 0 aromatic heterocycles. The lowest BCUT2D eigenvalue weighted by atomic mass is 9.63. The highest BCUT2D eigenvalue weighted by Gasteiger charge is 2.35. The van der Waals surface area contributed by atoms with Crippen LogP contribution in [0, 0.1) is 35.0 Å². The van der Waals surface area contributed by atoms with E-state index in [1.54, 1.807) is 0 Å². The first-order valence-corrected chi connectivity index (χ1v) is 7.23. The van der Waals surface area contributed by atoms with Gasteiger partial charge in [0.2, 0.25) is 0 Å². The molecule has 5 unspecified atom stereocenters. The molecule has 0 radical (unpaired) electrons. The molecule has 0 amide bonds. The monoisotopic (exact) mass is 224 g/mol. The van der Waals surface area contributed by atoms with Crippen molar-refractivity contribution in [1.29, 1.82) is 0 Å². The third-order valence-electron chi connectivity index (χ3n) is 5.35. The molecule has 0 nitrogen and oxygen atoms in total. The Hall–Kier alpha value is 0. The van der Waals surface area contributed by atoms with Crippen molar-refractivity contribution < 1.29 is 0 Å². The van der Waals surface area contributed by atoms with Gasteiger partial charge in [-0.3, -0.25) is 0 Å². The molecule has 0 aromatic rings. The first kappa shape index (κ1) is 14.1. The van der Waals surface area contributed by atoms with E-state index in [1.807, 2.05) is 0 Å². The second-order valence-electron chi connectivity index (χ2n) is 7.57. The molecule has 0 heteroatoms. The molecule has 0 saturated heterocycles. The van der Waals surface area contributed by atoms with Crippen LogP contribution in [0.3, 0.4) is 0 Å². The van der Waals surface area contributed by atoms with Gasteiger partial charge in [0.15, 0.2) is 0 Å². The molecule has 5 atom stereocenters. The topological polar surface area (TPSA) is 0 Å². The highest BCUT2D eigenvalue weighted by atomic mass is 14.4. The summed E-state index contributed by atoms with van der Waals surface area (Å²) in [4.78, 5) is 0. The molecule has 1 aliphatic carbocycles. The van der Waals surface area contributed by atoms with E-state index in [1.165, 1.54) is 19.3 Å². The van der Waals surface area contributed by atoms with Gasteiger partial charge in [0.25, 0.3) is 0 Å². The van der Waals surface area contributed by atoms with Crippen LogP contribution in [0.4, 0.5) is 0 Å². The van der Waals surface area contributed by atoms with Crippen LogP contribution in [0.5, 0.6) is 0 Å². The zero-order chi connectivity index (χ0) is 12.5. The van der Waals surface area contributed by atoms with E-state index in [9.17, 15) is 0 Å². The maximum atomic E-state index is 2.50. The summed E-state index contributed by atoms with van der Waals surface area (Å²) in [5, 5.41) is 0. The van der Waals surface area contributed by atoms with Gasteiger partial charge < -0.3 is 0 Å². The van der Waals surface area contributed by atoms with Crippen molar-refractivity contribution >= 4 is 0 Å². The van der Waals surface area contributed by atoms with Gasteiger partial charge in [-0.2, -0.15) is 0 Å². The third kappa shape index (κ3) is 3.25. The van der Waals surface area contributed by atoms with Gasteiger partial charge in [-0.05, 0) is 41.4 Å². The van der Waals surface area contributed by atoms with Crippen molar-refractivity contribution in [1.82, 2.24) is 0 Å². The van der Waals surface area contributed by atoms with Crippen molar-refractivity contribution in [2.24, 2.45) is 35.0 Å². The van der Waals surface area contributed by atoms with Crippen molar-refractivity contribution in [3.63, 3.8) is 0 Å². The van der Waals surface area contributed by atoms with E-state index in [0.717, 1.165) is 29.6 Å². The molecule has 1 rings (SSSR count). The molecule has 16 heavy (non-hydrogen) atoms. The number of hydrogen-bond acceptors (Lipinski definition) is 0. The van der Waals surface area contributed by atoms with Crippen LogP contribution in [0.25, 0.3) is 0 Å². The van der Waals surface area contributed by atoms with Gasteiger partial charge in [0, 0.05) is 0 Å². The summed E-state index contributed by atoms with van der Waals surface area (Å²) in [5.74, 6) is 4.55. The lowest BCUT2D eigenvalue weighted by molar-refractivity contribution is 0.0685. The zero-order valence-corrected chi connectivity index (χ0v) is 12.5. The standard InChI is InChI=1S/C16H32/c1-11-8-9-12(2)15(10-11)13(3)14(4)16(5,6)7/h11-15H,8-10H2,1-7H3. The third-order valence-corrected chi connectivity index (χ3v) is 5.35. The van der Waals surface area contributed by atoms with Gasteiger partial charge in [0.05, 0.1) is 0 Å². The summed E-state index contributed by atoms with van der Waals surface area (Å²) >= 11 is 0. The fraction of sp³-hybridized carbons (Fsp3) is 1.00. The molecule has 0 bridgehead atoms. The Morgan fingerprint density at radius 3 is 2.06 bits per heavy atom. The maximum Gasteiger partial charge on any atom is -0.0354 e. The quantitative estimate of drug-likeness (QED) is 0.591. The summed E-state index contributed by atoms with van der Waals surface area (Å²) in [5.41, 5.74) is 0.458. The van der Waals surface area contributed by atoms with Gasteiger partial charge in [0.1, 0.15) is 0 Å². The second-order valence-corrected chi connectivity index (χ2v) is 7.57. The van der Waals surface area contributed by atoms with Crippen LogP contribution >= 0.6 is 0 Å². The van der Waals surface area contributed by atoms with Crippen molar-refractivity contribution in [2.45, 2.75) is 67.7 Å². The Morgan fingerprint density at radius 2 is 1.56 bits per heavy atom. The summed E-state index contributed by atoms with van der Waals surface area (Å²) in [7, 11) is 0. The van der Waals surface area contributed by atoms with Gasteiger partial charge in [-0.25, -0.2) is 0 Å². The molecule has 1 saturated carbocycles. The average Bonchev–Trinajstić information content (AvgIpc) is 2.18. The molecule has 0 N–H and O–H groups in total. The van der Waals surface area contributed by atoms with Crippen molar-refractivity contribution in [3.05, 3.63) is 0 Å². The Balaban J connectivity index is 2.68. The fourth-order valence-electron chi connectivity index (χ4n) is 3.47. The Bertz CT molecular complexity index is 211. The second kappa shape index (κ2) is 5.10. The van der Waals surface area contributed by atoms with Gasteiger partial charge in [-0.15, -0.1) is 0 Å². The molecule has 0 aromatic carbocycles. The first-order valence-electron chi connectivity index (χ1n) is 7.23. The predicted octanol–water partition coefficient (Wildman–Crippen LogP) is 5.38. The molecular weight excluding hydrogens is 192 g/mol. The summed E-state index contributed by atoms with van der Waals surface area (Å²) in [6, 6.07) is 0. The van der Waals surface area contributed by atoms with E-state index in [2.05, 4.69) is 48.5 Å². The lowest BCUT2D eigenvalue weighted by Crippen LogP contribution is -2.35. The van der Waals surface area contributed by atoms with Crippen LogP contribution in [0.15, 0.2) is 0 Å². The molecule has 0 heterocycles. The van der Waals surface area contributed by atoms with Gasteiger partial charge >= 0.3 is 0 Å². The van der Waals surface area contributed by atoms with Crippen LogP contribution in [0.1, 0.15) is 67.7 Å². The van der Waals surface area contributed by atoms with E-state index in [4.69, 9.17) is 0 Å². The fourth-order valence-corrected chi connectivity index (χ4v) is 3.47. The van der Waals surface area contributed by atoms with Crippen LogP contribution in [-0.2, 0) is 0 Å². The largest absolute Gasteiger partial charge is 0.0625 e. The molecule has 1 fully saturated rings. The summed E-state index contributed by atoms with van der Waals surface area (Å²) in [6.45, 7) is 17.0. The van der Waals surface area contributed by atoms with Crippen molar-refractivity contribution in [2.75, 3.05) is 0 Å². The maximum absolute atomic E-state index is 2.50. The molecule has 0 spiro atoms. The van der Waals surface area contributed by atoms with Crippen molar-refractivity contribution in [3.8, 4) is 0 Å². The summed E-state index contributed by atoms with van der Waals surface area (Å²) in [6.07, 6.45) is 4.37. The first-order chi connectivity index (χ1) is 7.23. The van der Waals surface area contributed by atoms with Gasteiger partial charge in [-0.1, -0.05) is 61.3 Å². The molecule has 0 aliphatic heterocycles. The minimum absolute atomic E-state index is 0.458. The normalized spacial score (nSPS) is 35.8. The molecule has 96 valence electrons. The Labute approximate surface area is 103 Å². The van der Waals surface area contributed by atoms with E-state index < -0.39 is 0 Å². The lowest BCUT2D eigenvalue weighted by Gasteiger charge is -2.43. The Morgan fingerprint density at radius 1 is 1.00 bits per heavy atom. The highest BCUT2D eigenvalue weighted by Crippen LogP contribution is 2.44. The summed E-state index contributed by atoms with van der Waals surface area (Å²) < 4.78 is 0. The minimum Gasteiger partial charge on any atom is -0.0625 e. The van der Waals surface area contributed by atoms with E-state index >= 15 is 0 Å². The SMILES string of the molecule is CC1CCC(C)C(C(C)C(C)C(C)(C)C)C1. The smallest absolute Gasteiger partial charge is 0.0354 e. The molecular formula is C16H32. The zero-order valence-electron chi connectivity index (χ0n) is 12.5. The van der Waals surface area contributed by atoms with Crippen LogP contribution in [0.2, 0.25) is 0 Å².